The van der Waals surface area contributed by atoms with Crippen LogP contribution in [-0.2, 0) is 15.7 Å². The maximum absolute atomic E-state index is 12.7. The molecule has 1 aliphatic rings. The van der Waals surface area contributed by atoms with Crippen LogP contribution in [0.25, 0.3) is 21.3 Å². The van der Waals surface area contributed by atoms with E-state index in [2.05, 4.69) is 10.1 Å². The van der Waals surface area contributed by atoms with E-state index in [0.29, 0.717) is 5.13 Å². The van der Waals surface area contributed by atoms with E-state index < -0.39 is 14.6 Å². The molecule has 8 nitrogen and oxygen atoms in total. The van der Waals surface area contributed by atoms with Gasteiger partial charge in [0, 0.05) is 30.4 Å². The highest BCUT2D eigenvalue weighted by Crippen LogP contribution is 2.34. The third-order valence-corrected chi connectivity index (χ3v) is 7.92. The smallest absolute Gasteiger partial charge is 0.181 e. The molecule has 0 unspecified atom stereocenters. The SMILES string of the molecule is CC1(S(=O)(=O)Cn2cc(-c3cccc4nc(N)sc34)cn2)CN(C#N)C1. The van der Waals surface area contributed by atoms with Crippen LogP contribution in [0.4, 0.5) is 5.13 Å². The molecular formula is C16H16N6O2S2. The average molecular weight is 388 g/mol. The summed E-state index contributed by atoms with van der Waals surface area (Å²) in [5, 5.41) is 13.5. The summed E-state index contributed by atoms with van der Waals surface area (Å²) in [4.78, 5) is 5.71. The standard InChI is InChI=1S/C16H16N6O2S2/c1-16(7-21(8-16)9-17)26(23,24)10-22-6-11(5-19-22)12-3-2-4-13-14(12)25-15(18)20-13/h2-6H,7-8,10H2,1H3,(H2,18,20). The van der Waals surface area contributed by atoms with Gasteiger partial charge in [0.2, 0.25) is 0 Å². The number of nitrogen functional groups attached to an aromatic ring is 1. The highest BCUT2D eigenvalue weighted by Gasteiger charge is 2.49. The van der Waals surface area contributed by atoms with Gasteiger partial charge >= 0.3 is 0 Å². The molecule has 0 amide bonds. The minimum atomic E-state index is -3.45. The van der Waals surface area contributed by atoms with Crippen LogP contribution in [0.5, 0.6) is 0 Å². The number of likely N-dealkylation sites (tertiary alicyclic amines) is 1. The van der Waals surface area contributed by atoms with Crippen LogP contribution in [0.1, 0.15) is 6.92 Å². The number of aromatic nitrogens is 3. The number of nitrogens with two attached hydrogens (primary N) is 1. The number of benzene rings is 1. The Labute approximate surface area is 154 Å². The number of nitrogens with zero attached hydrogens (tertiary/aromatic N) is 5. The lowest BCUT2D eigenvalue weighted by Gasteiger charge is -2.43. The van der Waals surface area contributed by atoms with E-state index in [1.165, 1.54) is 20.9 Å². The number of hydrogen-bond donors (Lipinski definition) is 1. The third kappa shape index (κ3) is 2.60. The van der Waals surface area contributed by atoms with E-state index in [1.54, 1.807) is 19.3 Å². The first-order valence-corrected chi connectivity index (χ1v) is 10.3. The summed E-state index contributed by atoms with van der Waals surface area (Å²) in [5.41, 5.74) is 8.34. The zero-order chi connectivity index (χ0) is 18.5. The fraction of sp³-hybridized carbons (Fsp3) is 0.312. The molecule has 0 bridgehead atoms. The van der Waals surface area contributed by atoms with Gasteiger partial charge in [-0.25, -0.2) is 13.4 Å². The van der Waals surface area contributed by atoms with Crippen LogP contribution >= 0.6 is 11.3 Å². The van der Waals surface area contributed by atoms with Crippen molar-refractivity contribution in [3.05, 3.63) is 30.6 Å². The van der Waals surface area contributed by atoms with E-state index in [-0.39, 0.29) is 19.0 Å². The van der Waals surface area contributed by atoms with Gasteiger partial charge in [-0.1, -0.05) is 23.5 Å². The number of thiazole rings is 1. The Balaban J connectivity index is 1.62. The molecule has 3 aromatic rings. The van der Waals surface area contributed by atoms with E-state index in [1.807, 2.05) is 24.4 Å². The van der Waals surface area contributed by atoms with Crippen LogP contribution in [0.2, 0.25) is 0 Å². The minimum Gasteiger partial charge on any atom is -0.375 e. The molecule has 2 aromatic heterocycles. The van der Waals surface area contributed by atoms with Crippen LogP contribution in [0, 0.1) is 11.5 Å². The van der Waals surface area contributed by atoms with Crippen LogP contribution in [-0.4, -0.2) is 45.9 Å². The van der Waals surface area contributed by atoms with Crippen molar-refractivity contribution in [1.82, 2.24) is 19.7 Å². The fourth-order valence-corrected chi connectivity index (χ4v) is 5.50. The van der Waals surface area contributed by atoms with Gasteiger partial charge in [0.05, 0.1) is 16.4 Å². The lowest BCUT2D eigenvalue weighted by atomic mass is 10.0. The van der Waals surface area contributed by atoms with Gasteiger partial charge in [0.1, 0.15) is 10.6 Å². The van der Waals surface area contributed by atoms with Crippen LogP contribution in [0.15, 0.2) is 30.6 Å². The van der Waals surface area contributed by atoms with Crippen molar-refractivity contribution in [3.8, 4) is 17.3 Å². The molecule has 3 heterocycles. The van der Waals surface area contributed by atoms with E-state index >= 15 is 0 Å². The molecule has 0 spiro atoms. The Morgan fingerprint density at radius 2 is 2.19 bits per heavy atom. The van der Waals surface area contributed by atoms with E-state index in [0.717, 1.165) is 21.3 Å². The molecule has 1 saturated heterocycles. The average Bonchev–Trinajstić information content (AvgIpc) is 3.16. The lowest BCUT2D eigenvalue weighted by Crippen LogP contribution is -2.62. The number of nitriles is 1. The van der Waals surface area contributed by atoms with Crippen LogP contribution in [0.3, 0.4) is 0 Å². The van der Waals surface area contributed by atoms with Gasteiger partial charge in [0.25, 0.3) is 0 Å². The number of hydrogen-bond acceptors (Lipinski definition) is 8. The summed E-state index contributed by atoms with van der Waals surface area (Å²) in [6.07, 6.45) is 5.33. The van der Waals surface area contributed by atoms with Gasteiger partial charge in [-0.05, 0) is 13.0 Å². The second kappa shape index (κ2) is 5.69. The van der Waals surface area contributed by atoms with Crippen molar-refractivity contribution in [3.63, 3.8) is 0 Å². The minimum absolute atomic E-state index is 0.219. The Bertz CT molecular complexity index is 1140. The molecule has 26 heavy (non-hydrogen) atoms. The highest BCUT2D eigenvalue weighted by atomic mass is 32.2. The van der Waals surface area contributed by atoms with Crippen molar-refractivity contribution in [1.29, 1.82) is 5.26 Å². The first-order valence-electron chi connectivity index (χ1n) is 7.86. The Hall–Kier alpha value is -2.64. The summed E-state index contributed by atoms with van der Waals surface area (Å²) in [5.74, 6) is -0.219. The third-order valence-electron chi connectivity index (χ3n) is 4.62. The van der Waals surface area contributed by atoms with E-state index in [9.17, 15) is 8.42 Å². The molecular weight excluding hydrogens is 372 g/mol. The second-order valence-corrected chi connectivity index (χ2v) is 10.1. The maximum Gasteiger partial charge on any atom is 0.181 e. The summed E-state index contributed by atoms with van der Waals surface area (Å²) in [7, 11) is -3.45. The van der Waals surface area contributed by atoms with Crippen molar-refractivity contribution >= 4 is 36.5 Å². The first kappa shape index (κ1) is 16.8. The Morgan fingerprint density at radius 3 is 2.92 bits per heavy atom. The maximum atomic E-state index is 12.7. The van der Waals surface area contributed by atoms with Crippen molar-refractivity contribution in [2.24, 2.45) is 0 Å². The second-order valence-electron chi connectivity index (χ2n) is 6.62. The quantitative estimate of drug-likeness (QED) is 0.675. The van der Waals surface area contributed by atoms with Crippen molar-refractivity contribution in [2.45, 2.75) is 17.5 Å². The van der Waals surface area contributed by atoms with Crippen LogP contribution < -0.4 is 5.73 Å². The monoisotopic (exact) mass is 388 g/mol. The van der Waals surface area contributed by atoms with Gasteiger partial charge in [-0.3, -0.25) is 4.68 Å². The molecule has 1 aromatic carbocycles. The van der Waals surface area contributed by atoms with Gasteiger partial charge in [-0.15, -0.1) is 0 Å². The highest BCUT2D eigenvalue weighted by molar-refractivity contribution is 7.91. The zero-order valence-electron chi connectivity index (χ0n) is 14.0. The van der Waals surface area contributed by atoms with Crippen molar-refractivity contribution < 1.29 is 8.42 Å². The molecule has 2 N–H and O–H groups in total. The number of sulfone groups is 1. The molecule has 0 saturated carbocycles. The fourth-order valence-electron chi connectivity index (χ4n) is 3.13. The molecule has 0 atom stereocenters. The molecule has 4 rings (SSSR count). The molecule has 10 heteroatoms. The Kier molecular flexibility index (Phi) is 3.68. The van der Waals surface area contributed by atoms with Gasteiger partial charge in [-0.2, -0.15) is 10.4 Å². The molecule has 1 fully saturated rings. The number of rotatable bonds is 4. The number of anilines is 1. The zero-order valence-corrected chi connectivity index (χ0v) is 15.6. The summed E-state index contributed by atoms with van der Waals surface area (Å²) >= 11 is 1.39. The molecule has 0 aliphatic carbocycles. The first-order chi connectivity index (χ1) is 12.3. The molecule has 134 valence electrons. The van der Waals surface area contributed by atoms with Gasteiger partial charge in [0.15, 0.2) is 21.2 Å². The topological polar surface area (TPSA) is 118 Å². The number of fused-ring (bicyclic) bond motifs is 1. The lowest BCUT2D eigenvalue weighted by molar-refractivity contribution is 0.206. The summed E-state index contributed by atoms with van der Waals surface area (Å²) in [6, 6.07) is 5.71. The molecule has 0 radical (unpaired) electrons. The summed E-state index contributed by atoms with van der Waals surface area (Å²) < 4.78 is 26.9. The van der Waals surface area contributed by atoms with Gasteiger partial charge < -0.3 is 10.6 Å². The predicted octanol–water partition coefficient (Wildman–Crippen LogP) is 1.67. The molecule has 1 aliphatic heterocycles. The normalized spacial score (nSPS) is 16.4. The summed E-state index contributed by atoms with van der Waals surface area (Å²) in [6.45, 7) is 2.11. The van der Waals surface area contributed by atoms with Crippen molar-refractivity contribution in [2.75, 3.05) is 18.8 Å². The van der Waals surface area contributed by atoms with E-state index in [4.69, 9.17) is 11.0 Å². The predicted molar refractivity (Wildman–Crippen MR) is 99.8 cm³/mol. The Morgan fingerprint density at radius 1 is 1.42 bits per heavy atom. The largest absolute Gasteiger partial charge is 0.375 e.